The van der Waals surface area contributed by atoms with E-state index in [1.165, 1.54) is 0 Å². The molecule has 7 heteroatoms. The van der Waals surface area contributed by atoms with Crippen LogP contribution in [0.4, 0.5) is 0 Å². The summed E-state index contributed by atoms with van der Waals surface area (Å²) in [5.74, 6) is 1.19. The molecule has 0 bridgehead atoms. The Morgan fingerprint density at radius 3 is 2.71 bits per heavy atom. The second-order valence-corrected chi connectivity index (χ2v) is 9.94. The van der Waals surface area contributed by atoms with Crippen molar-refractivity contribution in [2.24, 2.45) is 5.92 Å². The van der Waals surface area contributed by atoms with Crippen LogP contribution in [0.3, 0.4) is 0 Å². The molecule has 4 aliphatic rings. The number of nitrogens with zero attached hydrogens (tertiary/aromatic N) is 2. The Morgan fingerprint density at radius 2 is 1.97 bits per heavy atom. The van der Waals surface area contributed by atoms with Gasteiger partial charge in [-0.3, -0.25) is 9.59 Å². The number of hydrogen-bond acceptors (Lipinski definition) is 5. The highest BCUT2D eigenvalue weighted by Gasteiger charge is 2.66. The van der Waals surface area contributed by atoms with Gasteiger partial charge in [-0.25, -0.2) is 0 Å². The Bertz CT molecular complexity index is 1120. The standard InChI is InChI=1S/C27H30N2O5/c1-27-24(17-7-4-3-5-8-17)21-16-34-22-13-18(32-2)10-11-20(22)25(21)29(27)23(30)15-28(26(27)31)14-19-9-6-12-33-19/h3-5,7-8,10-11,13,19,21,24-25H,6,9,12,14-16H2,1-2H3/t19?,21?,24?,25?,27-/m1/s1. The van der Waals surface area contributed by atoms with Gasteiger partial charge in [0.2, 0.25) is 11.8 Å². The largest absolute Gasteiger partial charge is 0.497 e. The van der Waals surface area contributed by atoms with E-state index in [1.807, 2.05) is 48.2 Å². The number of benzene rings is 2. The van der Waals surface area contributed by atoms with Gasteiger partial charge in [-0.15, -0.1) is 0 Å². The first-order valence-corrected chi connectivity index (χ1v) is 12.1. The Morgan fingerprint density at radius 1 is 1.15 bits per heavy atom. The third-order valence-corrected chi connectivity index (χ3v) is 8.11. The van der Waals surface area contributed by atoms with Gasteiger partial charge in [0, 0.05) is 36.6 Å². The second kappa shape index (κ2) is 8.01. The van der Waals surface area contributed by atoms with Crippen molar-refractivity contribution in [3.8, 4) is 11.5 Å². The van der Waals surface area contributed by atoms with Crippen LogP contribution in [0.25, 0.3) is 0 Å². The van der Waals surface area contributed by atoms with E-state index in [9.17, 15) is 9.59 Å². The molecule has 6 rings (SSSR count). The van der Waals surface area contributed by atoms with Crippen LogP contribution in [-0.2, 0) is 14.3 Å². The zero-order valence-corrected chi connectivity index (χ0v) is 19.6. The number of ether oxygens (including phenoxy) is 3. The lowest BCUT2D eigenvalue weighted by molar-refractivity contribution is -0.165. The molecule has 34 heavy (non-hydrogen) atoms. The number of carbonyl (C=O) groups is 2. The Balaban J connectivity index is 1.46. The predicted octanol–water partition coefficient (Wildman–Crippen LogP) is 3.15. The molecule has 2 aromatic carbocycles. The molecular weight excluding hydrogens is 432 g/mol. The van der Waals surface area contributed by atoms with Gasteiger partial charge in [0.15, 0.2) is 0 Å². The molecule has 3 saturated heterocycles. The first-order valence-electron chi connectivity index (χ1n) is 12.1. The maximum atomic E-state index is 14.2. The highest BCUT2D eigenvalue weighted by atomic mass is 16.5. The first-order chi connectivity index (χ1) is 16.5. The van der Waals surface area contributed by atoms with Crippen molar-refractivity contribution in [3.05, 3.63) is 59.7 Å². The van der Waals surface area contributed by atoms with Crippen molar-refractivity contribution in [2.75, 3.05) is 33.4 Å². The molecule has 7 nitrogen and oxygen atoms in total. The molecule has 2 aromatic rings. The quantitative estimate of drug-likeness (QED) is 0.698. The lowest BCUT2D eigenvalue weighted by Gasteiger charge is -2.47. The van der Waals surface area contributed by atoms with E-state index in [0.29, 0.717) is 18.9 Å². The van der Waals surface area contributed by atoms with Crippen LogP contribution in [0.15, 0.2) is 48.5 Å². The van der Waals surface area contributed by atoms with Crippen LogP contribution in [0.5, 0.6) is 11.5 Å². The third-order valence-electron chi connectivity index (χ3n) is 8.11. The van der Waals surface area contributed by atoms with Gasteiger partial charge in [-0.2, -0.15) is 0 Å². The summed E-state index contributed by atoms with van der Waals surface area (Å²) < 4.78 is 17.4. The minimum atomic E-state index is -1.00. The summed E-state index contributed by atoms with van der Waals surface area (Å²) in [6, 6.07) is 15.6. The van der Waals surface area contributed by atoms with E-state index in [0.717, 1.165) is 36.3 Å². The Labute approximate surface area is 199 Å². The van der Waals surface area contributed by atoms with Crippen molar-refractivity contribution in [1.29, 1.82) is 0 Å². The molecule has 4 heterocycles. The fraction of sp³-hybridized carbons (Fsp3) is 0.481. The molecule has 5 atom stereocenters. The summed E-state index contributed by atoms with van der Waals surface area (Å²) in [4.78, 5) is 31.6. The number of amides is 2. The number of hydrogen-bond donors (Lipinski definition) is 0. The SMILES string of the molecule is COc1ccc2c(c1)OCC1C2N2C(=O)CN(CC3CCCO3)C(=O)[C@@]2(C)C1c1ccccc1. The van der Waals surface area contributed by atoms with E-state index < -0.39 is 5.54 Å². The molecule has 0 N–H and O–H groups in total. The van der Waals surface area contributed by atoms with Crippen LogP contribution >= 0.6 is 0 Å². The van der Waals surface area contributed by atoms with Crippen molar-refractivity contribution in [1.82, 2.24) is 9.80 Å². The fourth-order valence-corrected chi connectivity index (χ4v) is 6.68. The van der Waals surface area contributed by atoms with Crippen molar-refractivity contribution in [3.63, 3.8) is 0 Å². The van der Waals surface area contributed by atoms with Gasteiger partial charge in [0.05, 0.1) is 32.4 Å². The predicted molar refractivity (Wildman–Crippen MR) is 125 cm³/mol. The van der Waals surface area contributed by atoms with Crippen molar-refractivity contribution < 1.29 is 23.8 Å². The van der Waals surface area contributed by atoms with Crippen LogP contribution in [-0.4, -0.2) is 66.7 Å². The summed E-state index contributed by atoms with van der Waals surface area (Å²) in [7, 11) is 1.63. The number of rotatable bonds is 4. The molecule has 0 saturated carbocycles. The highest BCUT2D eigenvalue weighted by Crippen LogP contribution is 2.60. The monoisotopic (exact) mass is 462 g/mol. The maximum absolute atomic E-state index is 14.2. The molecule has 0 radical (unpaired) electrons. The van der Waals surface area contributed by atoms with E-state index >= 15 is 0 Å². The van der Waals surface area contributed by atoms with Crippen LogP contribution < -0.4 is 9.47 Å². The van der Waals surface area contributed by atoms with Gasteiger partial charge >= 0.3 is 0 Å². The van der Waals surface area contributed by atoms with Crippen molar-refractivity contribution in [2.45, 2.75) is 43.4 Å². The molecule has 0 aliphatic carbocycles. The lowest BCUT2D eigenvalue weighted by Crippen LogP contribution is -2.66. The Hall–Kier alpha value is -3.06. The highest BCUT2D eigenvalue weighted by molar-refractivity contribution is 6.00. The topological polar surface area (TPSA) is 68.3 Å². The van der Waals surface area contributed by atoms with Crippen LogP contribution in [0.2, 0.25) is 0 Å². The first kappa shape index (κ1) is 21.5. The van der Waals surface area contributed by atoms with Crippen LogP contribution in [0, 0.1) is 5.92 Å². The van der Waals surface area contributed by atoms with E-state index in [4.69, 9.17) is 14.2 Å². The number of methoxy groups -OCH3 is 1. The maximum Gasteiger partial charge on any atom is 0.249 e. The normalized spacial score (nSPS) is 32.2. The number of fused-ring (bicyclic) bond motifs is 5. The minimum absolute atomic E-state index is 0.000847. The number of carbonyl (C=O) groups excluding carboxylic acids is 2. The molecule has 3 fully saturated rings. The van der Waals surface area contributed by atoms with Crippen molar-refractivity contribution >= 4 is 11.8 Å². The van der Waals surface area contributed by atoms with E-state index in [1.54, 1.807) is 12.0 Å². The van der Waals surface area contributed by atoms with E-state index in [2.05, 4.69) is 12.1 Å². The molecule has 0 aromatic heterocycles. The lowest BCUT2D eigenvalue weighted by atomic mass is 9.73. The molecular formula is C27H30N2O5. The zero-order valence-electron chi connectivity index (χ0n) is 19.6. The van der Waals surface area contributed by atoms with E-state index in [-0.39, 0.29) is 42.3 Å². The Kier molecular flexibility index (Phi) is 5.06. The molecule has 4 aliphatic heterocycles. The average Bonchev–Trinajstić information content (AvgIpc) is 3.46. The molecule has 2 amide bonds. The van der Waals surface area contributed by atoms with Gasteiger partial charge in [0.1, 0.15) is 17.0 Å². The molecule has 0 spiro atoms. The average molecular weight is 463 g/mol. The summed E-state index contributed by atoms with van der Waals surface area (Å²) in [5.41, 5.74) is 0.994. The minimum Gasteiger partial charge on any atom is -0.497 e. The summed E-state index contributed by atoms with van der Waals surface area (Å²) in [6.45, 7) is 3.66. The summed E-state index contributed by atoms with van der Waals surface area (Å²) in [6.07, 6.45) is 1.93. The number of piperazine rings is 1. The second-order valence-electron chi connectivity index (χ2n) is 9.94. The third kappa shape index (κ3) is 3.06. The smallest absolute Gasteiger partial charge is 0.249 e. The van der Waals surface area contributed by atoms with Gasteiger partial charge in [-0.05, 0) is 37.5 Å². The summed E-state index contributed by atoms with van der Waals surface area (Å²) in [5, 5.41) is 0. The summed E-state index contributed by atoms with van der Waals surface area (Å²) >= 11 is 0. The zero-order chi connectivity index (χ0) is 23.4. The molecule has 4 unspecified atom stereocenters. The van der Waals surface area contributed by atoms with Crippen LogP contribution in [0.1, 0.15) is 42.9 Å². The van der Waals surface area contributed by atoms with Gasteiger partial charge in [-0.1, -0.05) is 30.3 Å². The fourth-order valence-electron chi connectivity index (χ4n) is 6.68. The van der Waals surface area contributed by atoms with Gasteiger partial charge < -0.3 is 24.0 Å². The molecule has 178 valence electrons. The van der Waals surface area contributed by atoms with Gasteiger partial charge in [0.25, 0.3) is 0 Å².